The van der Waals surface area contributed by atoms with E-state index in [1.165, 1.54) is 0 Å². The number of carbonyl (C=O) groups is 4. The van der Waals surface area contributed by atoms with E-state index < -0.39 is 23.9 Å². The third-order valence-electron chi connectivity index (χ3n) is 6.50. The number of nitrogens with zero attached hydrogens (tertiary/aromatic N) is 1. The number of amidine groups is 1. The van der Waals surface area contributed by atoms with E-state index >= 15 is 0 Å². The summed E-state index contributed by atoms with van der Waals surface area (Å²) < 4.78 is 15.7. The van der Waals surface area contributed by atoms with E-state index in [1.807, 2.05) is 44.2 Å². The van der Waals surface area contributed by atoms with Gasteiger partial charge in [-0.25, -0.2) is 9.59 Å². The van der Waals surface area contributed by atoms with Crippen molar-refractivity contribution in [1.82, 2.24) is 10.2 Å². The lowest BCUT2D eigenvalue weighted by Crippen LogP contribution is -2.42. The highest BCUT2D eigenvalue weighted by Crippen LogP contribution is 2.31. The molecule has 0 fully saturated rings. The fourth-order valence-electron chi connectivity index (χ4n) is 4.38. The molecule has 1 aliphatic heterocycles. The summed E-state index contributed by atoms with van der Waals surface area (Å²) in [6.45, 7) is 4.29. The zero-order valence-corrected chi connectivity index (χ0v) is 23.0. The minimum absolute atomic E-state index is 0.0645. The van der Waals surface area contributed by atoms with Crippen molar-refractivity contribution < 1.29 is 33.4 Å². The first-order valence-corrected chi connectivity index (χ1v) is 13.3. The van der Waals surface area contributed by atoms with Crippen LogP contribution in [0.3, 0.4) is 0 Å². The van der Waals surface area contributed by atoms with Gasteiger partial charge in [-0.15, -0.1) is 0 Å². The maximum Gasteiger partial charge on any atom is 0.412 e. The highest BCUT2D eigenvalue weighted by atomic mass is 16.6. The van der Waals surface area contributed by atoms with E-state index in [0.29, 0.717) is 17.9 Å². The van der Waals surface area contributed by atoms with Gasteiger partial charge in [0.25, 0.3) is 0 Å². The van der Waals surface area contributed by atoms with Crippen molar-refractivity contribution in [2.24, 2.45) is 17.8 Å². The molecule has 2 aromatic carbocycles. The summed E-state index contributed by atoms with van der Waals surface area (Å²) in [6, 6.07) is 15.8. The number of allylic oxidation sites excluding steroid dienone is 1. The Morgan fingerprint density at radius 2 is 1.78 bits per heavy atom. The van der Waals surface area contributed by atoms with Crippen LogP contribution in [0.5, 0.6) is 5.75 Å². The lowest BCUT2D eigenvalue weighted by Gasteiger charge is -2.23. The van der Waals surface area contributed by atoms with Crippen LogP contribution < -0.4 is 10.1 Å². The first-order chi connectivity index (χ1) is 19.7. The molecule has 2 N–H and O–H groups in total. The SMILES string of the molecule is CC(C)COC(=O)NC(=N)C1C=CC2=CN(CC(=O)c3ccc(OCC(=O)OCc4ccccc4)cc3)CC2C1=O. The maximum atomic E-state index is 13.1. The van der Waals surface area contributed by atoms with Gasteiger partial charge in [0, 0.05) is 18.3 Å². The number of hydrogen-bond acceptors (Lipinski definition) is 9. The van der Waals surface area contributed by atoms with Gasteiger partial charge in [0.1, 0.15) is 18.2 Å². The van der Waals surface area contributed by atoms with Crippen LogP contribution in [-0.4, -0.2) is 60.7 Å². The van der Waals surface area contributed by atoms with Crippen LogP contribution in [0.4, 0.5) is 4.79 Å². The first-order valence-electron chi connectivity index (χ1n) is 13.3. The highest BCUT2D eigenvalue weighted by molar-refractivity contribution is 6.11. The van der Waals surface area contributed by atoms with Gasteiger partial charge in [-0.05, 0) is 41.3 Å². The average molecular weight is 560 g/mol. The van der Waals surface area contributed by atoms with E-state index in [1.54, 1.807) is 47.5 Å². The molecule has 41 heavy (non-hydrogen) atoms. The van der Waals surface area contributed by atoms with Crippen LogP contribution in [0.1, 0.15) is 29.8 Å². The first kappa shape index (κ1) is 29.3. The lowest BCUT2D eigenvalue weighted by molar-refractivity contribution is -0.147. The Kier molecular flexibility index (Phi) is 9.68. The largest absolute Gasteiger partial charge is 0.482 e. The summed E-state index contributed by atoms with van der Waals surface area (Å²) in [7, 11) is 0. The Balaban J connectivity index is 1.23. The normalized spacial score (nSPS) is 17.5. The second-order valence-electron chi connectivity index (χ2n) is 10.3. The third kappa shape index (κ3) is 8.14. The highest BCUT2D eigenvalue weighted by Gasteiger charge is 2.38. The summed E-state index contributed by atoms with van der Waals surface area (Å²) in [5, 5.41) is 10.5. The second kappa shape index (κ2) is 13.6. The molecule has 10 heteroatoms. The smallest absolute Gasteiger partial charge is 0.412 e. The van der Waals surface area contributed by atoms with Crippen molar-refractivity contribution in [2.45, 2.75) is 20.5 Å². The Morgan fingerprint density at radius 3 is 2.49 bits per heavy atom. The van der Waals surface area contributed by atoms with Gasteiger partial charge < -0.3 is 19.1 Å². The van der Waals surface area contributed by atoms with E-state index in [9.17, 15) is 19.2 Å². The van der Waals surface area contributed by atoms with Gasteiger partial charge in [-0.1, -0.05) is 56.3 Å². The second-order valence-corrected chi connectivity index (χ2v) is 10.3. The summed E-state index contributed by atoms with van der Waals surface area (Å²) in [5.74, 6) is -1.90. The Hall–Kier alpha value is -4.73. The van der Waals surface area contributed by atoms with Crippen molar-refractivity contribution in [3.05, 3.63) is 89.6 Å². The number of amides is 1. The molecule has 2 aromatic rings. The van der Waals surface area contributed by atoms with Crippen molar-refractivity contribution in [3.63, 3.8) is 0 Å². The number of ether oxygens (including phenoxy) is 3. The topological polar surface area (TPSA) is 135 Å². The van der Waals surface area contributed by atoms with Crippen LogP contribution in [-0.2, 0) is 25.7 Å². The molecule has 4 rings (SSSR count). The molecule has 0 saturated heterocycles. The van der Waals surface area contributed by atoms with Gasteiger partial charge in [0.15, 0.2) is 18.2 Å². The fraction of sp³-hybridized carbons (Fsp3) is 0.323. The summed E-state index contributed by atoms with van der Waals surface area (Å²) in [6.07, 6.45) is 4.36. The number of rotatable bonds is 11. The third-order valence-corrected chi connectivity index (χ3v) is 6.50. The Labute approximate surface area is 238 Å². The minimum Gasteiger partial charge on any atom is -0.482 e. The quantitative estimate of drug-likeness (QED) is 0.183. The molecule has 2 aliphatic rings. The minimum atomic E-state index is -0.887. The van der Waals surface area contributed by atoms with E-state index in [0.717, 1.165) is 11.1 Å². The molecule has 10 nitrogen and oxygen atoms in total. The zero-order valence-electron chi connectivity index (χ0n) is 23.0. The van der Waals surface area contributed by atoms with Crippen LogP contribution >= 0.6 is 0 Å². The lowest BCUT2D eigenvalue weighted by atomic mass is 9.82. The number of hydrogen-bond donors (Lipinski definition) is 2. The molecule has 214 valence electrons. The van der Waals surface area contributed by atoms with Crippen molar-refractivity contribution >= 4 is 29.5 Å². The zero-order chi connectivity index (χ0) is 29.4. The molecular formula is C31H33N3O7. The van der Waals surface area contributed by atoms with Gasteiger partial charge in [-0.2, -0.15) is 0 Å². The number of ketones is 2. The monoisotopic (exact) mass is 559 g/mol. The Morgan fingerprint density at radius 1 is 1.05 bits per heavy atom. The molecule has 0 bridgehead atoms. The number of Topliss-reactive ketones (excluding diaryl/α,β-unsaturated/α-hetero) is 2. The van der Waals surface area contributed by atoms with Gasteiger partial charge in [-0.3, -0.25) is 20.3 Å². The number of fused-ring (bicyclic) bond motifs is 1. The molecule has 0 spiro atoms. The van der Waals surface area contributed by atoms with Crippen molar-refractivity contribution in [1.29, 1.82) is 5.41 Å². The number of esters is 1. The van der Waals surface area contributed by atoms with Crippen LogP contribution in [0, 0.1) is 23.2 Å². The molecule has 2 unspecified atom stereocenters. The number of nitrogens with one attached hydrogen (secondary N) is 2. The van der Waals surface area contributed by atoms with Crippen LogP contribution in [0.15, 0.2) is 78.5 Å². The molecule has 0 aromatic heterocycles. The molecule has 1 aliphatic carbocycles. The predicted molar refractivity (Wildman–Crippen MR) is 150 cm³/mol. The van der Waals surface area contributed by atoms with Gasteiger partial charge >= 0.3 is 12.1 Å². The van der Waals surface area contributed by atoms with Crippen molar-refractivity contribution in [2.75, 3.05) is 26.3 Å². The molecular weight excluding hydrogens is 526 g/mol. The van der Waals surface area contributed by atoms with E-state index in [-0.39, 0.29) is 49.7 Å². The summed E-state index contributed by atoms with van der Waals surface area (Å²) in [4.78, 5) is 51.6. The van der Waals surface area contributed by atoms with Crippen LogP contribution in [0.2, 0.25) is 0 Å². The summed E-state index contributed by atoms with van der Waals surface area (Å²) >= 11 is 0. The van der Waals surface area contributed by atoms with E-state index in [4.69, 9.17) is 19.6 Å². The van der Waals surface area contributed by atoms with Crippen molar-refractivity contribution in [3.8, 4) is 5.75 Å². The number of alkyl carbamates (subject to hydrolysis) is 1. The van der Waals surface area contributed by atoms with Gasteiger partial charge in [0.05, 0.1) is 25.0 Å². The number of benzene rings is 2. The molecule has 0 saturated carbocycles. The fourth-order valence-corrected chi connectivity index (χ4v) is 4.38. The standard InChI is InChI=1S/C31H33N3O7/c1-20(2)17-41-31(38)33-30(32)25-13-10-23-14-34(15-26(23)29(25)37)16-27(35)22-8-11-24(12-9-22)39-19-28(36)40-18-21-6-4-3-5-7-21/h3-14,20,25-26H,15-19H2,1-2H3,(H2,32,33,38). The molecule has 1 amide bonds. The molecule has 2 atom stereocenters. The average Bonchev–Trinajstić information content (AvgIpc) is 3.38. The van der Waals surface area contributed by atoms with Crippen LogP contribution in [0.25, 0.3) is 0 Å². The number of carbonyl (C=O) groups excluding carboxylic acids is 4. The predicted octanol–water partition coefficient (Wildman–Crippen LogP) is 3.92. The van der Waals surface area contributed by atoms with E-state index in [2.05, 4.69) is 5.32 Å². The Bertz CT molecular complexity index is 1350. The molecule has 1 heterocycles. The maximum absolute atomic E-state index is 13.1. The molecule has 0 radical (unpaired) electrons. The van der Waals surface area contributed by atoms with Gasteiger partial charge in [0.2, 0.25) is 0 Å². The summed E-state index contributed by atoms with van der Waals surface area (Å²) in [5.41, 5.74) is 2.10.